The molecule has 1 aliphatic carbocycles. The van der Waals surface area contributed by atoms with E-state index < -0.39 is 11.6 Å². The molecule has 0 aromatic heterocycles. The third kappa shape index (κ3) is 3.03. The van der Waals surface area contributed by atoms with Crippen molar-refractivity contribution >= 4 is 11.8 Å². The minimum absolute atomic E-state index is 0.131. The van der Waals surface area contributed by atoms with Gasteiger partial charge in [-0.15, -0.1) is 0 Å². The van der Waals surface area contributed by atoms with Gasteiger partial charge in [-0.3, -0.25) is 4.79 Å². The molecule has 3 rings (SSSR count). The Labute approximate surface area is 136 Å². The van der Waals surface area contributed by atoms with Gasteiger partial charge in [0.25, 0.3) is 0 Å². The molecule has 0 unspecified atom stereocenters. The van der Waals surface area contributed by atoms with Gasteiger partial charge in [-0.1, -0.05) is 37.3 Å². The third-order valence-electron chi connectivity index (χ3n) is 5.01. The van der Waals surface area contributed by atoms with Crippen molar-refractivity contribution in [1.29, 1.82) is 0 Å². The number of carbonyl (C=O) groups is 2. The van der Waals surface area contributed by atoms with Gasteiger partial charge in [-0.2, -0.15) is 0 Å². The summed E-state index contributed by atoms with van der Waals surface area (Å²) >= 11 is 0. The first-order chi connectivity index (χ1) is 11.0. The number of aliphatic hydroxyl groups excluding tert-OH is 1. The van der Waals surface area contributed by atoms with E-state index in [0.717, 1.165) is 5.56 Å². The molecule has 4 nitrogen and oxygen atoms in total. The molecule has 1 heterocycles. The van der Waals surface area contributed by atoms with Gasteiger partial charge in [0, 0.05) is 25.2 Å². The van der Waals surface area contributed by atoms with Crippen LogP contribution in [0.5, 0.6) is 0 Å². The Kier molecular flexibility index (Phi) is 4.24. The highest BCUT2D eigenvalue weighted by atomic mass is 16.6. The summed E-state index contributed by atoms with van der Waals surface area (Å²) in [4.78, 5) is 24.0. The molecule has 0 amide bonds. The number of hydrogen-bond donors (Lipinski definition) is 1. The van der Waals surface area contributed by atoms with Crippen molar-refractivity contribution in [2.45, 2.75) is 57.0 Å². The van der Waals surface area contributed by atoms with Crippen LogP contribution in [0.2, 0.25) is 0 Å². The first-order valence-corrected chi connectivity index (χ1v) is 8.26. The molecule has 1 fully saturated rings. The molecule has 1 aliphatic heterocycles. The predicted molar refractivity (Wildman–Crippen MR) is 86.0 cm³/mol. The van der Waals surface area contributed by atoms with Crippen LogP contribution < -0.4 is 0 Å². The highest BCUT2D eigenvalue weighted by molar-refractivity contribution is 5.92. The van der Waals surface area contributed by atoms with Gasteiger partial charge in [-0.25, -0.2) is 4.79 Å². The molecule has 122 valence electrons. The number of ketones is 1. The van der Waals surface area contributed by atoms with E-state index in [2.05, 4.69) is 0 Å². The molecular weight excluding hydrogens is 292 g/mol. The van der Waals surface area contributed by atoms with E-state index in [1.165, 1.54) is 0 Å². The van der Waals surface area contributed by atoms with Gasteiger partial charge >= 0.3 is 5.97 Å². The maximum atomic E-state index is 12.6. The fourth-order valence-electron chi connectivity index (χ4n) is 3.70. The number of rotatable bonds is 3. The lowest BCUT2D eigenvalue weighted by atomic mass is 9.77. The molecule has 1 atom stereocenters. The number of esters is 1. The highest BCUT2D eigenvalue weighted by Crippen LogP contribution is 2.43. The van der Waals surface area contributed by atoms with E-state index >= 15 is 0 Å². The lowest BCUT2D eigenvalue weighted by Crippen LogP contribution is -2.44. The quantitative estimate of drug-likeness (QED) is 0.861. The van der Waals surface area contributed by atoms with Crippen LogP contribution in [0.1, 0.15) is 56.9 Å². The molecule has 1 spiro atoms. The van der Waals surface area contributed by atoms with Gasteiger partial charge < -0.3 is 9.84 Å². The van der Waals surface area contributed by atoms with Crippen molar-refractivity contribution < 1.29 is 19.4 Å². The summed E-state index contributed by atoms with van der Waals surface area (Å²) in [5.41, 5.74) is 0.692. The van der Waals surface area contributed by atoms with E-state index in [0.29, 0.717) is 44.1 Å². The first-order valence-electron chi connectivity index (χ1n) is 8.26. The second kappa shape index (κ2) is 6.19. The molecule has 2 aliphatic rings. The number of hydrogen-bond acceptors (Lipinski definition) is 4. The Morgan fingerprint density at radius 3 is 2.39 bits per heavy atom. The van der Waals surface area contributed by atoms with Crippen molar-refractivity contribution in [2.24, 2.45) is 0 Å². The SMILES string of the molecule is CC[C@H](C1=C(O)CC2(CCC(=O)CC2)OC1=O)c1ccccc1. The fourth-order valence-corrected chi connectivity index (χ4v) is 3.70. The zero-order valence-electron chi connectivity index (χ0n) is 13.4. The Morgan fingerprint density at radius 1 is 1.17 bits per heavy atom. The summed E-state index contributed by atoms with van der Waals surface area (Å²) in [6.07, 6.45) is 2.90. The maximum absolute atomic E-state index is 12.6. The standard InChI is InChI=1S/C19H22O4/c1-2-15(13-6-4-3-5-7-13)17-16(21)12-19(23-18(17)22)10-8-14(20)9-11-19/h3-7,15,21H,2,8-12H2,1H3/t15-/m0/s1. The highest BCUT2D eigenvalue weighted by Gasteiger charge is 2.45. The Bertz CT molecular complexity index is 635. The summed E-state index contributed by atoms with van der Waals surface area (Å²) in [6, 6.07) is 9.71. The first kappa shape index (κ1) is 15.8. The zero-order valence-corrected chi connectivity index (χ0v) is 13.4. The van der Waals surface area contributed by atoms with Gasteiger partial charge in [-0.05, 0) is 24.8 Å². The smallest absolute Gasteiger partial charge is 0.338 e. The zero-order chi connectivity index (χ0) is 16.4. The Morgan fingerprint density at radius 2 is 1.83 bits per heavy atom. The average Bonchev–Trinajstić information content (AvgIpc) is 2.55. The van der Waals surface area contributed by atoms with Gasteiger partial charge in [0.2, 0.25) is 0 Å². The van der Waals surface area contributed by atoms with Crippen LogP contribution in [0.4, 0.5) is 0 Å². The molecule has 1 N–H and O–H groups in total. The summed E-state index contributed by atoms with van der Waals surface area (Å²) in [5, 5.41) is 10.6. The average molecular weight is 314 g/mol. The lowest BCUT2D eigenvalue weighted by molar-refractivity contribution is -0.165. The summed E-state index contributed by atoms with van der Waals surface area (Å²) in [6.45, 7) is 1.99. The predicted octanol–water partition coefficient (Wildman–Crippen LogP) is 3.82. The van der Waals surface area contributed by atoms with Crippen LogP contribution in [0.15, 0.2) is 41.7 Å². The van der Waals surface area contributed by atoms with Crippen LogP contribution in [-0.4, -0.2) is 22.5 Å². The molecule has 0 radical (unpaired) electrons. The Balaban J connectivity index is 1.90. The van der Waals surface area contributed by atoms with E-state index in [9.17, 15) is 14.7 Å². The van der Waals surface area contributed by atoms with E-state index in [-0.39, 0.29) is 17.5 Å². The summed E-state index contributed by atoms with van der Waals surface area (Å²) in [5.74, 6) is -0.256. The number of aliphatic hydroxyl groups is 1. The normalized spacial score (nSPS) is 22.1. The second-order valence-electron chi connectivity index (χ2n) is 6.52. The number of Topliss-reactive ketones (excluding diaryl/α,β-unsaturated/α-hetero) is 1. The van der Waals surface area contributed by atoms with Crippen LogP contribution >= 0.6 is 0 Å². The monoisotopic (exact) mass is 314 g/mol. The fraction of sp³-hybridized carbons (Fsp3) is 0.474. The van der Waals surface area contributed by atoms with Gasteiger partial charge in [0.05, 0.1) is 5.57 Å². The topological polar surface area (TPSA) is 63.6 Å². The molecule has 0 saturated heterocycles. The molecule has 4 heteroatoms. The minimum Gasteiger partial charge on any atom is -0.512 e. The van der Waals surface area contributed by atoms with E-state index in [1.807, 2.05) is 37.3 Å². The second-order valence-corrected chi connectivity index (χ2v) is 6.52. The summed E-state index contributed by atoms with van der Waals surface area (Å²) in [7, 11) is 0. The minimum atomic E-state index is -0.687. The largest absolute Gasteiger partial charge is 0.512 e. The van der Waals surface area contributed by atoms with Crippen molar-refractivity contribution in [3.63, 3.8) is 0 Å². The van der Waals surface area contributed by atoms with Crippen molar-refractivity contribution in [3.05, 3.63) is 47.2 Å². The van der Waals surface area contributed by atoms with Crippen LogP contribution in [0.3, 0.4) is 0 Å². The molecule has 1 saturated carbocycles. The van der Waals surface area contributed by atoms with E-state index in [4.69, 9.17) is 4.74 Å². The van der Waals surface area contributed by atoms with Crippen LogP contribution in [-0.2, 0) is 14.3 Å². The van der Waals surface area contributed by atoms with Crippen molar-refractivity contribution in [3.8, 4) is 0 Å². The van der Waals surface area contributed by atoms with Crippen LogP contribution in [0, 0.1) is 0 Å². The van der Waals surface area contributed by atoms with E-state index in [1.54, 1.807) is 0 Å². The van der Waals surface area contributed by atoms with Crippen molar-refractivity contribution in [1.82, 2.24) is 0 Å². The van der Waals surface area contributed by atoms with Gasteiger partial charge in [0.15, 0.2) is 0 Å². The summed E-state index contributed by atoms with van der Waals surface area (Å²) < 4.78 is 5.74. The van der Waals surface area contributed by atoms with Gasteiger partial charge in [0.1, 0.15) is 17.1 Å². The van der Waals surface area contributed by atoms with Crippen molar-refractivity contribution in [2.75, 3.05) is 0 Å². The molecule has 23 heavy (non-hydrogen) atoms. The third-order valence-corrected chi connectivity index (χ3v) is 5.01. The lowest BCUT2D eigenvalue weighted by Gasteiger charge is -2.40. The van der Waals surface area contributed by atoms with Crippen LogP contribution in [0.25, 0.3) is 0 Å². The number of benzene rings is 1. The maximum Gasteiger partial charge on any atom is 0.338 e. The number of carbonyl (C=O) groups excluding carboxylic acids is 2. The number of ether oxygens (including phenoxy) is 1. The molecule has 0 bridgehead atoms. The molecule has 1 aromatic rings. The Hall–Kier alpha value is -2.10. The molecular formula is C19H22O4. The molecule has 1 aromatic carbocycles.